The van der Waals surface area contributed by atoms with Gasteiger partial charge in [0, 0.05) is 6.04 Å². The minimum absolute atomic E-state index is 0. The summed E-state index contributed by atoms with van der Waals surface area (Å²) in [5.74, 6) is 0. The Bertz CT molecular complexity index is 29.3. The summed E-state index contributed by atoms with van der Waals surface area (Å²) in [6.45, 7) is 7.48. The topological polar surface area (TPSA) is 12.0 Å². The van der Waals surface area contributed by atoms with E-state index in [0.29, 0.717) is 6.04 Å². The van der Waals surface area contributed by atoms with Crippen LogP contribution in [0, 0.1) is 0 Å². The summed E-state index contributed by atoms with van der Waals surface area (Å²) in [6, 6.07) is 0.648. The van der Waals surface area contributed by atoms with E-state index in [9.17, 15) is 0 Å². The maximum atomic E-state index is 3.21. The molecule has 0 fully saturated rings. The number of hydrogen-bond acceptors (Lipinski definition) is 1. The van der Waals surface area contributed by atoms with E-state index in [1.807, 2.05) is 0 Å². The molecule has 0 spiro atoms. The van der Waals surface area contributed by atoms with Crippen LogP contribution < -0.4 is 5.32 Å². The molecule has 0 rings (SSSR count). The average Bonchev–Trinajstić information content (AvgIpc) is 1.35. The van der Waals surface area contributed by atoms with Crippen molar-refractivity contribution in [3.8, 4) is 0 Å². The Hall–Kier alpha value is 0.0249. The predicted molar refractivity (Wildman–Crippen MR) is 38.8 cm³/mol. The van der Waals surface area contributed by atoms with Crippen molar-refractivity contribution in [3.63, 3.8) is 0 Å². The SMILES string of the molecule is B.CCNC(C)C. The first kappa shape index (κ1) is 10.1. The van der Waals surface area contributed by atoms with E-state index >= 15 is 0 Å². The van der Waals surface area contributed by atoms with Crippen molar-refractivity contribution in [2.24, 2.45) is 0 Å². The van der Waals surface area contributed by atoms with Gasteiger partial charge in [0.05, 0.1) is 8.41 Å². The van der Waals surface area contributed by atoms with E-state index in [2.05, 4.69) is 26.1 Å². The molecule has 0 aliphatic carbocycles. The highest BCUT2D eigenvalue weighted by Crippen LogP contribution is 1.70. The molecular formula is C5H16BN. The van der Waals surface area contributed by atoms with Gasteiger partial charge in [-0.3, -0.25) is 0 Å². The van der Waals surface area contributed by atoms with Crippen molar-refractivity contribution in [2.45, 2.75) is 26.8 Å². The lowest BCUT2D eigenvalue weighted by atomic mass is 10.4. The Morgan fingerprint density at radius 1 is 1.43 bits per heavy atom. The van der Waals surface area contributed by atoms with Gasteiger partial charge in [-0.1, -0.05) is 20.8 Å². The Morgan fingerprint density at radius 3 is 1.86 bits per heavy atom. The van der Waals surface area contributed by atoms with E-state index in [0.717, 1.165) is 6.54 Å². The minimum Gasteiger partial charge on any atom is -0.315 e. The molecule has 0 unspecified atom stereocenters. The maximum absolute atomic E-state index is 3.21. The van der Waals surface area contributed by atoms with Gasteiger partial charge in [-0.15, -0.1) is 0 Å². The molecule has 0 aromatic carbocycles. The second-order valence-electron chi connectivity index (χ2n) is 1.71. The van der Waals surface area contributed by atoms with Crippen molar-refractivity contribution < 1.29 is 0 Å². The van der Waals surface area contributed by atoms with Crippen LogP contribution in [0.2, 0.25) is 0 Å². The lowest BCUT2D eigenvalue weighted by molar-refractivity contribution is 0.613. The van der Waals surface area contributed by atoms with Crippen LogP contribution in [0.1, 0.15) is 20.8 Å². The van der Waals surface area contributed by atoms with Crippen LogP contribution in [0.4, 0.5) is 0 Å². The number of hydrogen-bond donors (Lipinski definition) is 1. The van der Waals surface area contributed by atoms with Crippen LogP contribution in [0.15, 0.2) is 0 Å². The molecule has 0 aromatic heterocycles. The van der Waals surface area contributed by atoms with E-state index in [-0.39, 0.29) is 8.41 Å². The zero-order valence-electron chi connectivity index (χ0n) is 4.78. The maximum Gasteiger partial charge on any atom is 0.0814 e. The molecular weight excluding hydrogens is 84.9 g/mol. The van der Waals surface area contributed by atoms with Gasteiger partial charge >= 0.3 is 0 Å². The predicted octanol–water partition coefficient (Wildman–Crippen LogP) is -0.180. The fourth-order valence-corrected chi connectivity index (χ4v) is 0.408. The molecule has 44 valence electrons. The highest BCUT2D eigenvalue weighted by Gasteiger charge is 1.82. The highest BCUT2D eigenvalue weighted by molar-refractivity contribution is 5.75. The van der Waals surface area contributed by atoms with Crippen LogP contribution in [-0.2, 0) is 0 Å². The lowest BCUT2D eigenvalue weighted by Crippen LogP contribution is -2.21. The molecule has 1 N–H and O–H groups in total. The zero-order valence-corrected chi connectivity index (χ0v) is 4.78. The third kappa shape index (κ3) is 10.7. The van der Waals surface area contributed by atoms with Gasteiger partial charge in [0.2, 0.25) is 0 Å². The van der Waals surface area contributed by atoms with Crippen LogP contribution in [-0.4, -0.2) is 21.0 Å². The van der Waals surface area contributed by atoms with Crippen molar-refractivity contribution in [2.75, 3.05) is 6.54 Å². The van der Waals surface area contributed by atoms with Crippen LogP contribution in [0.25, 0.3) is 0 Å². The molecule has 0 heterocycles. The fourth-order valence-electron chi connectivity index (χ4n) is 0.408. The summed E-state index contributed by atoms with van der Waals surface area (Å²) in [7, 11) is 0. The Morgan fingerprint density at radius 2 is 1.86 bits per heavy atom. The van der Waals surface area contributed by atoms with Crippen LogP contribution in [0.3, 0.4) is 0 Å². The molecule has 0 saturated heterocycles. The summed E-state index contributed by atoms with van der Waals surface area (Å²) in [6.07, 6.45) is 0. The summed E-state index contributed by atoms with van der Waals surface area (Å²) < 4.78 is 0. The third-order valence-corrected chi connectivity index (χ3v) is 0.612. The quantitative estimate of drug-likeness (QED) is 0.476. The van der Waals surface area contributed by atoms with Gasteiger partial charge < -0.3 is 5.32 Å². The Labute approximate surface area is 48.1 Å². The largest absolute Gasteiger partial charge is 0.315 e. The molecule has 0 amide bonds. The van der Waals surface area contributed by atoms with E-state index in [1.165, 1.54) is 0 Å². The molecule has 0 bridgehead atoms. The monoisotopic (exact) mass is 101 g/mol. The summed E-state index contributed by atoms with van der Waals surface area (Å²) >= 11 is 0. The molecule has 7 heavy (non-hydrogen) atoms. The second-order valence-corrected chi connectivity index (χ2v) is 1.71. The molecule has 0 aromatic rings. The standard InChI is InChI=1S/C5H13N.BH3/c1-4-6-5(2)3;/h5-6H,4H2,1-3H3;1H3. The van der Waals surface area contributed by atoms with E-state index in [4.69, 9.17) is 0 Å². The second kappa shape index (κ2) is 6.02. The van der Waals surface area contributed by atoms with Gasteiger partial charge in [-0.2, -0.15) is 0 Å². The van der Waals surface area contributed by atoms with Crippen molar-refractivity contribution in [1.82, 2.24) is 5.32 Å². The number of rotatable bonds is 2. The lowest BCUT2D eigenvalue weighted by Gasteiger charge is -2.00. The fraction of sp³-hybridized carbons (Fsp3) is 1.00. The van der Waals surface area contributed by atoms with Crippen molar-refractivity contribution in [1.29, 1.82) is 0 Å². The van der Waals surface area contributed by atoms with Gasteiger partial charge in [-0.05, 0) is 6.54 Å². The summed E-state index contributed by atoms with van der Waals surface area (Å²) in [5.41, 5.74) is 0. The van der Waals surface area contributed by atoms with Crippen molar-refractivity contribution in [3.05, 3.63) is 0 Å². The Kier molecular flexibility index (Phi) is 8.69. The summed E-state index contributed by atoms with van der Waals surface area (Å²) in [5, 5.41) is 3.21. The van der Waals surface area contributed by atoms with Gasteiger partial charge in [0.1, 0.15) is 0 Å². The van der Waals surface area contributed by atoms with E-state index in [1.54, 1.807) is 0 Å². The molecule has 0 radical (unpaired) electrons. The molecule has 0 aliphatic rings. The zero-order chi connectivity index (χ0) is 4.99. The first-order valence-corrected chi connectivity index (χ1v) is 2.50. The highest BCUT2D eigenvalue weighted by atomic mass is 14.9. The molecule has 0 aliphatic heterocycles. The molecule has 2 heteroatoms. The van der Waals surface area contributed by atoms with Gasteiger partial charge in [-0.25, -0.2) is 0 Å². The molecule has 0 atom stereocenters. The number of nitrogens with one attached hydrogen (secondary N) is 1. The normalized spacial score (nSPS) is 8.57. The van der Waals surface area contributed by atoms with E-state index < -0.39 is 0 Å². The van der Waals surface area contributed by atoms with Crippen molar-refractivity contribution >= 4 is 8.41 Å². The first-order valence-electron chi connectivity index (χ1n) is 2.50. The van der Waals surface area contributed by atoms with Gasteiger partial charge in [0.15, 0.2) is 0 Å². The third-order valence-electron chi connectivity index (χ3n) is 0.612. The molecule has 1 nitrogen and oxygen atoms in total. The average molecular weight is 101 g/mol. The smallest absolute Gasteiger partial charge is 0.0814 e. The summed E-state index contributed by atoms with van der Waals surface area (Å²) in [4.78, 5) is 0. The van der Waals surface area contributed by atoms with Crippen LogP contribution in [0.5, 0.6) is 0 Å². The minimum atomic E-state index is 0. The van der Waals surface area contributed by atoms with Gasteiger partial charge in [0.25, 0.3) is 0 Å². The van der Waals surface area contributed by atoms with Crippen LogP contribution >= 0.6 is 0 Å². The first-order chi connectivity index (χ1) is 2.77. The molecule has 0 saturated carbocycles. The Balaban J connectivity index is 0.